The van der Waals surface area contributed by atoms with Crippen LogP contribution in [0.2, 0.25) is 0 Å². The second-order valence-electron chi connectivity index (χ2n) is 5.81. The summed E-state index contributed by atoms with van der Waals surface area (Å²) in [5.41, 5.74) is 0.980. The predicted molar refractivity (Wildman–Crippen MR) is 83.7 cm³/mol. The number of ether oxygens (including phenoxy) is 1. The first-order chi connectivity index (χ1) is 11.5. The van der Waals surface area contributed by atoms with E-state index < -0.39 is 5.82 Å². The van der Waals surface area contributed by atoms with Crippen LogP contribution in [-0.2, 0) is 22.6 Å². The zero-order chi connectivity index (χ0) is 17.1. The van der Waals surface area contributed by atoms with Crippen LogP contribution in [-0.4, -0.2) is 63.9 Å². The van der Waals surface area contributed by atoms with E-state index in [-0.39, 0.29) is 18.6 Å². The van der Waals surface area contributed by atoms with Gasteiger partial charge in [0.15, 0.2) is 5.82 Å². The van der Waals surface area contributed by atoms with Crippen LogP contribution in [0.3, 0.4) is 0 Å². The fourth-order valence-corrected chi connectivity index (χ4v) is 2.46. The molecule has 1 atom stereocenters. The highest BCUT2D eigenvalue weighted by Gasteiger charge is 2.25. The summed E-state index contributed by atoms with van der Waals surface area (Å²) in [5.74, 6) is -0.175. The molecule has 8 nitrogen and oxygen atoms in total. The van der Waals surface area contributed by atoms with Crippen LogP contribution >= 0.6 is 0 Å². The topological polar surface area (TPSA) is 76.4 Å². The van der Waals surface area contributed by atoms with Crippen molar-refractivity contribution in [2.45, 2.75) is 19.2 Å². The second kappa shape index (κ2) is 6.91. The van der Waals surface area contributed by atoms with Gasteiger partial charge in [-0.05, 0) is 6.07 Å². The van der Waals surface area contributed by atoms with Gasteiger partial charge in [0.2, 0.25) is 11.9 Å². The summed E-state index contributed by atoms with van der Waals surface area (Å²) in [6.07, 6.45) is 3.72. The molecule has 9 heteroatoms. The van der Waals surface area contributed by atoms with E-state index in [1.54, 1.807) is 20.3 Å². The second-order valence-corrected chi connectivity index (χ2v) is 5.81. The fraction of sp³-hybridized carbons (Fsp3) is 0.467. The van der Waals surface area contributed by atoms with Crippen molar-refractivity contribution in [3.8, 4) is 0 Å². The summed E-state index contributed by atoms with van der Waals surface area (Å²) < 4.78 is 20.7. The van der Waals surface area contributed by atoms with E-state index in [1.165, 1.54) is 4.90 Å². The maximum atomic E-state index is 13.1. The smallest absolute Gasteiger partial charge is 0.248 e. The molecule has 0 spiro atoms. The Bertz CT molecular complexity index is 702. The fourth-order valence-electron chi connectivity index (χ4n) is 2.46. The van der Waals surface area contributed by atoms with Crippen molar-refractivity contribution in [2.75, 3.05) is 32.1 Å². The number of carbonyl (C=O) groups excluding carboxylic acids is 1. The first kappa shape index (κ1) is 16.3. The highest BCUT2D eigenvalue weighted by molar-refractivity contribution is 5.76. The number of amides is 1. The average molecular weight is 334 g/mol. The van der Waals surface area contributed by atoms with E-state index in [0.717, 1.165) is 18.1 Å². The van der Waals surface area contributed by atoms with Gasteiger partial charge in [-0.25, -0.2) is 14.4 Å². The number of fused-ring (bicyclic) bond motifs is 1. The number of nitrogens with zero attached hydrogens (tertiary/aromatic N) is 6. The van der Waals surface area contributed by atoms with E-state index in [9.17, 15) is 9.18 Å². The maximum absolute atomic E-state index is 13.1. The van der Waals surface area contributed by atoms with Crippen LogP contribution in [0.1, 0.15) is 5.69 Å². The molecule has 0 aliphatic carbocycles. The van der Waals surface area contributed by atoms with Crippen molar-refractivity contribution in [2.24, 2.45) is 0 Å². The molecule has 0 radical (unpaired) electrons. The lowest BCUT2D eigenvalue weighted by Crippen LogP contribution is -2.37. The third kappa shape index (κ3) is 3.67. The molecule has 0 saturated carbocycles. The van der Waals surface area contributed by atoms with Crippen LogP contribution < -0.4 is 4.90 Å². The van der Waals surface area contributed by atoms with Crippen molar-refractivity contribution >= 4 is 11.9 Å². The Balaban J connectivity index is 1.77. The number of likely N-dealkylation sites (N-methyl/N-ethyl adjacent to an activating group) is 1. The van der Waals surface area contributed by atoms with Gasteiger partial charge in [0.25, 0.3) is 0 Å². The predicted octanol–water partition coefficient (Wildman–Crippen LogP) is 0.306. The zero-order valence-electron chi connectivity index (χ0n) is 13.6. The Labute approximate surface area is 138 Å². The molecule has 0 bridgehead atoms. The number of rotatable bonds is 4. The SMILES string of the molecule is CN(C)C(=O)COC1CN(c2ncc(F)cn2)Cc2ccnn2C1. The number of hydrogen-bond donors (Lipinski definition) is 0. The lowest BCUT2D eigenvalue weighted by molar-refractivity contribution is -0.135. The van der Waals surface area contributed by atoms with E-state index in [2.05, 4.69) is 15.1 Å². The molecule has 0 saturated heterocycles. The van der Waals surface area contributed by atoms with Crippen molar-refractivity contribution in [3.05, 3.63) is 36.2 Å². The molecule has 1 amide bonds. The maximum Gasteiger partial charge on any atom is 0.248 e. The van der Waals surface area contributed by atoms with E-state index in [1.807, 2.05) is 15.6 Å². The number of anilines is 1. The summed E-state index contributed by atoms with van der Waals surface area (Å²) in [6, 6.07) is 1.91. The number of aromatic nitrogens is 4. The molecule has 1 aliphatic heterocycles. The lowest BCUT2D eigenvalue weighted by Gasteiger charge is -2.24. The minimum atomic E-state index is -0.483. The van der Waals surface area contributed by atoms with Gasteiger partial charge in [0.05, 0.1) is 37.3 Å². The summed E-state index contributed by atoms with van der Waals surface area (Å²) in [7, 11) is 3.37. The number of hydrogen-bond acceptors (Lipinski definition) is 6. The van der Waals surface area contributed by atoms with Gasteiger partial charge >= 0.3 is 0 Å². The molecule has 3 heterocycles. The van der Waals surface area contributed by atoms with Crippen molar-refractivity contribution in [3.63, 3.8) is 0 Å². The zero-order valence-corrected chi connectivity index (χ0v) is 13.6. The molecular formula is C15H19FN6O2. The van der Waals surface area contributed by atoms with Gasteiger partial charge < -0.3 is 14.5 Å². The minimum absolute atomic E-state index is 0.00756. The Kier molecular flexibility index (Phi) is 4.70. The third-order valence-electron chi connectivity index (χ3n) is 3.79. The molecule has 1 aliphatic rings. The Morgan fingerprint density at radius 2 is 2.12 bits per heavy atom. The Hall–Kier alpha value is -2.55. The largest absolute Gasteiger partial charge is 0.365 e. The minimum Gasteiger partial charge on any atom is -0.365 e. The van der Waals surface area contributed by atoms with Crippen LogP contribution in [0, 0.1) is 5.82 Å². The summed E-state index contributed by atoms with van der Waals surface area (Å²) in [6.45, 7) is 1.54. The molecule has 24 heavy (non-hydrogen) atoms. The van der Waals surface area contributed by atoms with E-state index >= 15 is 0 Å². The summed E-state index contributed by atoms with van der Waals surface area (Å²) in [4.78, 5) is 23.2. The van der Waals surface area contributed by atoms with Crippen LogP contribution in [0.4, 0.5) is 10.3 Å². The van der Waals surface area contributed by atoms with Crippen LogP contribution in [0.25, 0.3) is 0 Å². The van der Waals surface area contributed by atoms with Crippen molar-refractivity contribution < 1.29 is 13.9 Å². The van der Waals surface area contributed by atoms with Gasteiger partial charge in [-0.1, -0.05) is 0 Å². The average Bonchev–Trinajstić information content (AvgIpc) is 2.91. The Morgan fingerprint density at radius 1 is 1.38 bits per heavy atom. The molecule has 1 unspecified atom stereocenters. The van der Waals surface area contributed by atoms with Crippen molar-refractivity contribution in [1.29, 1.82) is 0 Å². The van der Waals surface area contributed by atoms with Gasteiger partial charge in [-0.3, -0.25) is 9.48 Å². The third-order valence-corrected chi connectivity index (χ3v) is 3.79. The molecule has 2 aromatic heterocycles. The quantitative estimate of drug-likeness (QED) is 0.801. The van der Waals surface area contributed by atoms with Gasteiger partial charge in [-0.2, -0.15) is 5.10 Å². The van der Waals surface area contributed by atoms with Gasteiger partial charge in [-0.15, -0.1) is 0 Å². The molecule has 0 fully saturated rings. The molecular weight excluding hydrogens is 315 g/mol. The standard InChI is InChI=1S/C15H19FN6O2/c1-20(2)14(23)10-24-13-8-21(15-17-5-11(16)6-18-15)7-12-3-4-19-22(12)9-13/h3-6,13H,7-10H2,1-2H3. The van der Waals surface area contributed by atoms with Crippen LogP contribution in [0.5, 0.6) is 0 Å². The molecule has 3 rings (SSSR count). The monoisotopic (exact) mass is 334 g/mol. The molecule has 0 N–H and O–H groups in total. The van der Waals surface area contributed by atoms with Gasteiger partial charge in [0, 0.05) is 26.8 Å². The highest BCUT2D eigenvalue weighted by Crippen LogP contribution is 2.18. The lowest BCUT2D eigenvalue weighted by atomic mass is 10.3. The normalized spacial score (nSPS) is 17.3. The van der Waals surface area contributed by atoms with Crippen molar-refractivity contribution in [1.82, 2.24) is 24.6 Å². The molecule has 0 aromatic carbocycles. The number of carbonyl (C=O) groups is 1. The first-order valence-corrected chi connectivity index (χ1v) is 7.58. The van der Waals surface area contributed by atoms with Crippen LogP contribution in [0.15, 0.2) is 24.7 Å². The summed E-state index contributed by atoms with van der Waals surface area (Å²) >= 11 is 0. The number of halogens is 1. The molecule has 2 aromatic rings. The first-order valence-electron chi connectivity index (χ1n) is 7.58. The van der Waals surface area contributed by atoms with E-state index in [0.29, 0.717) is 25.6 Å². The Morgan fingerprint density at radius 3 is 2.83 bits per heavy atom. The van der Waals surface area contributed by atoms with Gasteiger partial charge in [0.1, 0.15) is 6.61 Å². The van der Waals surface area contributed by atoms with E-state index in [4.69, 9.17) is 4.74 Å². The summed E-state index contributed by atoms with van der Waals surface area (Å²) in [5, 5.41) is 4.29. The molecule has 128 valence electrons. The highest BCUT2D eigenvalue weighted by atomic mass is 19.1.